The highest BCUT2D eigenvalue weighted by atomic mass is 35.5. The first-order valence-electron chi connectivity index (χ1n) is 7.74. The molecule has 12 heteroatoms. The minimum Gasteiger partial charge on any atom is -0.382 e. The summed E-state index contributed by atoms with van der Waals surface area (Å²) in [6, 6.07) is 4.77. The zero-order chi connectivity index (χ0) is 19.4. The number of ether oxygens (including phenoxy) is 1. The number of methoxy groups -OCH3 is 1. The van der Waals surface area contributed by atoms with Crippen molar-refractivity contribution in [1.29, 1.82) is 0 Å². The average molecular weight is 411 g/mol. The van der Waals surface area contributed by atoms with E-state index in [9.17, 15) is 0 Å². The summed E-state index contributed by atoms with van der Waals surface area (Å²) in [7, 11) is 1.58. The minimum absolute atomic E-state index is 0.112. The summed E-state index contributed by atoms with van der Waals surface area (Å²) in [5, 5.41) is 20.8. The molecule has 0 saturated heterocycles. The van der Waals surface area contributed by atoms with Crippen molar-refractivity contribution in [2.24, 2.45) is 5.10 Å². The van der Waals surface area contributed by atoms with Crippen LogP contribution in [-0.4, -0.2) is 45.2 Å². The van der Waals surface area contributed by atoms with E-state index in [4.69, 9.17) is 33.7 Å². The predicted molar refractivity (Wildman–Crippen MR) is 100 cm³/mol. The molecule has 0 amide bonds. The third-order valence-corrected chi connectivity index (χ3v) is 4.25. The van der Waals surface area contributed by atoms with Gasteiger partial charge in [0.1, 0.15) is 11.7 Å². The first-order chi connectivity index (χ1) is 13.0. The lowest BCUT2D eigenvalue weighted by Crippen LogP contribution is -2.22. The molecule has 2 aromatic heterocycles. The van der Waals surface area contributed by atoms with Crippen LogP contribution in [-0.2, 0) is 4.74 Å². The van der Waals surface area contributed by atoms with Crippen LogP contribution in [0, 0.1) is 6.92 Å². The number of anilines is 1. The largest absolute Gasteiger partial charge is 0.382 e. The molecule has 1 aromatic carbocycles. The third kappa shape index (κ3) is 4.18. The monoisotopic (exact) mass is 410 g/mol. The number of aromatic nitrogens is 5. The molecule has 10 nitrogen and oxygen atoms in total. The van der Waals surface area contributed by atoms with Gasteiger partial charge < -0.3 is 10.5 Å². The number of hydrogen-bond acceptors (Lipinski definition) is 9. The van der Waals surface area contributed by atoms with Gasteiger partial charge in [0.2, 0.25) is 11.6 Å². The van der Waals surface area contributed by atoms with Gasteiger partial charge in [0.25, 0.3) is 0 Å². The van der Waals surface area contributed by atoms with Crippen molar-refractivity contribution in [3.63, 3.8) is 0 Å². The zero-order valence-electron chi connectivity index (χ0n) is 14.4. The highest BCUT2D eigenvalue weighted by molar-refractivity contribution is 6.36. The maximum absolute atomic E-state index is 6.14. The van der Waals surface area contributed by atoms with Crippen LogP contribution in [0.25, 0.3) is 5.82 Å². The minimum atomic E-state index is -0.368. The summed E-state index contributed by atoms with van der Waals surface area (Å²) in [4.78, 5) is 0. The third-order valence-electron chi connectivity index (χ3n) is 3.69. The summed E-state index contributed by atoms with van der Waals surface area (Å²) in [5.41, 5.74) is 10.7. The molecule has 0 spiro atoms. The topological polar surface area (TPSA) is 129 Å². The molecule has 0 aliphatic rings. The highest BCUT2D eigenvalue weighted by Gasteiger charge is 2.22. The Morgan fingerprint density at radius 1 is 1.41 bits per heavy atom. The molecule has 1 atom stereocenters. The molecule has 142 valence electrons. The quantitative estimate of drug-likeness (QED) is 0.447. The maximum atomic E-state index is 6.14. The average Bonchev–Trinajstić information content (AvgIpc) is 3.21. The van der Waals surface area contributed by atoms with Gasteiger partial charge in [-0.05, 0) is 29.4 Å². The van der Waals surface area contributed by atoms with Gasteiger partial charge in [0, 0.05) is 17.7 Å². The highest BCUT2D eigenvalue weighted by Crippen LogP contribution is 2.21. The second kappa shape index (κ2) is 8.33. The number of nitrogens with one attached hydrogen (secondary N) is 1. The Kier molecular flexibility index (Phi) is 5.89. The van der Waals surface area contributed by atoms with Crippen LogP contribution in [0.15, 0.2) is 27.9 Å². The lowest BCUT2D eigenvalue weighted by molar-refractivity contribution is 0.166. The standard InChI is InChI=1S/C15H16Cl2N8O2/c1-8-13(21-24-25(8)15-14(18)22-27-23-15)12(7-26-2)20-19-6-9-3-4-10(16)5-11(9)17/h3-6,12,20H,7H2,1-2H3,(H2,18,22)/b19-6-/t12-/m1/s1. The number of hydrazone groups is 1. The molecule has 3 aromatic rings. The number of nitrogens with zero attached hydrogens (tertiary/aromatic N) is 6. The fourth-order valence-corrected chi connectivity index (χ4v) is 2.81. The lowest BCUT2D eigenvalue weighted by Gasteiger charge is -2.14. The van der Waals surface area contributed by atoms with Crippen LogP contribution >= 0.6 is 23.2 Å². The second-order valence-corrected chi connectivity index (χ2v) is 6.35. The molecule has 0 radical (unpaired) electrons. The van der Waals surface area contributed by atoms with Crippen LogP contribution in [0.3, 0.4) is 0 Å². The van der Waals surface area contributed by atoms with Crippen molar-refractivity contribution in [3.05, 3.63) is 45.2 Å². The Labute approximate surface area is 164 Å². The van der Waals surface area contributed by atoms with Crippen molar-refractivity contribution in [2.75, 3.05) is 19.5 Å². The number of benzene rings is 1. The smallest absolute Gasteiger partial charge is 0.243 e. The van der Waals surface area contributed by atoms with Gasteiger partial charge in [-0.3, -0.25) is 5.43 Å². The number of nitrogens with two attached hydrogens (primary N) is 1. The van der Waals surface area contributed by atoms with E-state index >= 15 is 0 Å². The van der Waals surface area contributed by atoms with Crippen molar-refractivity contribution >= 4 is 35.2 Å². The van der Waals surface area contributed by atoms with E-state index in [0.717, 1.165) is 0 Å². The second-order valence-electron chi connectivity index (χ2n) is 5.51. The molecule has 27 heavy (non-hydrogen) atoms. The number of halogens is 2. The Morgan fingerprint density at radius 2 is 2.22 bits per heavy atom. The van der Waals surface area contributed by atoms with Crippen molar-refractivity contribution in [3.8, 4) is 5.82 Å². The molecule has 0 saturated carbocycles. The molecule has 3 N–H and O–H groups in total. The fourth-order valence-electron chi connectivity index (χ4n) is 2.35. The van der Waals surface area contributed by atoms with Crippen LogP contribution < -0.4 is 11.2 Å². The van der Waals surface area contributed by atoms with Gasteiger partial charge in [0.15, 0.2) is 0 Å². The molecular formula is C15H16Cl2N8O2. The molecule has 0 fully saturated rings. The van der Waals surface area contributed by atoms with Gasteiger partial charge in [-0.25, -0.2) is 4.63 Å². The van der Waals surface area contributed by atoms with E-state index in [0.29, 0.717) is 33.6 Å². The summed E-state index contributed by atoms with van der Waals surface area (Å²) in [6.07, 6.45) is 1.58. The normalized spacial score (nSPS) is 12.6. The summed E-state index contributed by atoms with van der Waals surface area (Å²) in [6.45, 7) is 2.12. The number of rotatable bonds is 7. The van der Waals surface area contributed by atoms with E-state index in [2.05, 4.69) is 35.8 Å². The Balaban J connectivity index is 1.81. The predicted octanol–water partition coefficient (Wildman–Crippen LogP) is 2.16. The molecule has 3 rings (SSSR count). The van der Waals surface area contributed by atoms with Gasteiger partial charge in [-0.1, -0.05) is 34.5 Å². The van der Waals surface area contributed by atoms with E-state index in [-0.39, 0.29) is 17.7 Å². The van der Waals surface area contributed by atoms with Crippen molar-refractivity contribution < 1.29 is 9.37 Å². The van der Waals surface area contributed by atoms with E-state index in [1.54, 1.807) is 31.5 Å². The molecular weight excluding hydrogens is 395 g/mol. The van der Waals surface area contributed by atoms with Crippen LogP contribution in [0.2, 0.25) is 10.0 Å². The van der Waals surface area contributed by atoms with Gasteiger partial charge in [-0.15, -0.1) is 5.10 Å². The Hall–Kier alpha value is -2.69. The van der Waals surface area contributed by atoms with Gasteiger partial charge >= 0.3 is 0 Å². The molecule has 0 aliphatic carbocycles. The van der Waals surface area contributed by atoms with Crippen molar-refractivity contribution in [2.45, 2.75) is 13.0 Å². The fraction of sp³-hybridized carbons (Fsp3) is 0.267. The zero-order valence-corrected chi connectivity index (χ0v) is 15.9. The molecule has 0 unspecified atom stereocenters. The molecule has 0 aliphatic heterocycles. The van der Waals surface area contributed by atoms with Crippen molar-refractivity contribution in [1.82, 2.24) is 30.7 Å². The maximum Gasteiger partial charge on any atom is 0.243 e. The lowest BCUT2D eigenvalue weighted by atomic mass is 10.2. The van der Waals surface area contributed by atoms with Crippen LogP contribution in [0.5, 0.6) is 0 Å². The van der Waals surface area contributed by atoms with Gasteiger partial charge in [0.05, 0.1) is 23.5 Å². The summed E-state index contributed by atoms with van der Waals surface area (Å²) in [5.74, 6) is 0.375. The van der Waals surface area contributed by atoms with E-state index < -0.39 is 0 Å². The SMILES string of the molecule is COC[C@@H](N/N=C\c1ccc(Cl)cc1Cl)c1nnn(-c2nonc2N)c1C. The number of hydrogen-bond donors (Lipinski definition) is 2. The van der Waals surface area contributed by atoms with E-state index in [1.165, 1.54) is 4.68 Å². The van der Waals surface area contributed by atoms with Crippen LogP contribution in [0.4, 0.5) is 5.82 Å². The van der Waals surface area contributed by atoms with Crippen LogP contribution in [0.1, 0.15) is 23.0 Å². The number of nitrogen functional groups attached to an aromatic ring is 1. The Morgan fingerprint density at radius 3 is 2.89 bits per heavy atom. The molecule has 0 bridgehead atoms. The summed E-state index contributed by atoms with van der Waals surface area (Å²) < 4.78 is 11.3. The van der Waals surface area contributed by atoms with E-state index in [1.807, 2.05) is 6.92 Å². The first kappa shape index (κ1) is 19.1. The first-order valence-corrected chi connectivity index (χ1v) is 8.50. The molecule has 2 heterocycles. The summed E-state index contributed by atoms with van der Waals surface area (Å²) >= 11 is 12.0. The Bertz CT molecular complexity index is 955. The van der Waals surface area contributed by atoms with Gasteiger partial charge in [-0.2, -0.15) is 9.78 Å².